The molecule has 0 saturated heterocycles. The number of nitrogens with zero attached hydrogens (tertiary/aromatic N) is 2. The summed E-state index contributed by atoms with van der Waals surface area (Å²) in [6, 6.07) is 0. The quantitative estimate of drug-likeness (QED) is 0.488. The monoisotopic (exact) mass is 220 g/mol. The predicted octanol–water partition coefficient (Wildman–Crippen LogP) is -3.85. The van der Waals surface area contributed by atoms with Gasteiger partial charge < -0.3 is 28.0 Å². The SMILES string of the molecule is CNCCc1nc(N)n[nH]1.[Br-]. The van der Waals surface area contributed by atoms with E-state index in [9.17, 15) is 0 Å². The van der Waals surface area contributed by atoms with Gasteiger partial charge in [-0.3, -0.25) is 5.10 Å². The summed E-state index contributed by atoms with van der Waals surface area (Å²) in [6.07, 6.45) is 0.834. The van der Waals surface area contributed by atoms with Crippen LogP contribution in [-0.4, -0.2) is 28.8 Å². The maximum absolute atomic E-state index is 5.28. The van der Waals surface area contributed by atoms with E-state index in [2.05, 4.69) is 20.5 Å². The molecule has 1 rings (SSSR count). The van der Waals surface area contributed by atoms with Crippen LogP contribution in [-0.2, 0) is 6.42 Å². The zero-order valence-electron chi connectivity index (χ0n) is 6.26. The van der Waals surface area contributed by atoms with Crippen molar-refractivity contribution < 1.29 is 17.0 Å². The van der Waals surface area contributed by atoms with Crippen LogP contribution in [0.3, 0.4) is 0 Å². The maximum atomic E-state index is 5.28. The van der Waals surface area contributed by atoms with Crippen LogP contribution >= 0.6 is 0 Å². The lowest BCUT2D eigenvalue weighted by Crippen LogP contribution is -3.00. The highest BCUT2D eigenvalue weighted by Crippen LogP contribution is 1.91. The number of anilines is 1. The van der Waals surface area contributed by atoms with E-state index in [1.54, 1.807) is 0 Å². The molecule has 0 fully saturated rings. The standard InChI is InChI=1S/C5H11N5.BrH/c1-7-3-2-4-8-5(6)10-9-4;/h7H,2-3H2,1H3,(H3,6,8,9,10);1H/p-1. The molecule has 64 valence electrons. The Balaban J connectivity index is 0.000001000. The smallest absolute Gasteiger partial charge is 0.239 e. The van der Waals surface area contributed by atoms with Gasteiger partial charge >= 0.3 is 0 Å². The highest BCUT2D eigenvalue weighted by Gasteiger charge is 1.96. The first-order valence-corrected chi connectivity index (χ1v) is 3.14. The van der Waals surface area contributed by atoms with Gasteiger partial charge in [0.05, 0.1) is 0 Å². The molecule has 0 aliphatic rings. The molecule has 0 spiro atoms. The molecule has 0 unspecified atom stereocenters. The van der Waals surface area contributed by atoms with Crippen molar-refractivity contribution in [3.63, 3.8) is 0 Å². The number of hydrogen-bond donors (Lipinski definition) is 3. The molecule has 1 aromatic rings. The molecule has 6 heteroatoms. The van der Waals surface area contributed by atoms with Crippen molar-refractivity contribution in [2.75, 3.05) is 19.3 Å². The Morgan fingerprint density at radius 1 is 1.64 bits per heavy atom. The summed E-state index contributed by atoms with van der Waals surface area (Å²) in [5, 5.41) is 9.39. The van der Waals surface area contributed by atoms with Crippen LogP contribution in [0.1, 0.15) is 5.82 Å². The lowest BCUT2D eigenvalue weighted by molar-refractivity contribution is -0.00000249. The minimum absolute atomic E-state index is 0. The highest BCUT2D eigenvalue weighted by molar-refractivity contribution is 5.12. The molecule has 0 atom stereocenters. The highest BCUT2D eigenvalue weighted by atomic mass is 79.9. The van der Waals surface area contributed by atoms with Crippen LogP contribution in [0.2, 0.25) is 0 Å². The van der Waals surface area contributed by atoms with Gasteiger partial charge in [0, 0.05) is 13.0 Å². The second-order valence-electron chi connectivity index (χ2n) is 1.99. The van der Waals surface area contributed by atoms with E-state index in [1.165, 1.54) is 0 Å². The van der Waals surface area contributed by atoms with Crippen LogP contribution in [0.25, 0.3) is 0 Å². The molecule has 1 aromatic heterocycles. The Kier molecular flexibility index (Phi) is 4.80. The molecule has 0 aromatic carbocycles. The number of H-pyrrole nitrogens is 1. The van der Waals surface area contributed by atoms with E-state index in [4.69, 9.17) is 5.73 Å². The molecule has 0 aliphatic carbocycles. The van der Waals surface area contributed by atoms with Crippen molar-refractivity contribution in [2.45, 2.75) is 6.42 Å². The number of rotatable bonds is 3. The third-order valence-electron chi connectivity index (χ3n) is 1.16. The molecule has 11 heavy (non-hydrogen) atoms. The van der Waals surface area contributed by atoms with Gasteiger partial charge in [-0.1, -0.05) is 0 Å². The van der Waals surface area contributed by atoms with Gasteiger partial charge in [-0.15, -0.1) is 5.10 Å². The lowest BCUT2D eigenvalue weighted by Gasteiger charge is -1.91. The summed E-state index contributed by atoms with van der Waals surface area (Å²) in [7, 11) is 1.89. The summed E-state index contributed by atoms with van der Waals surface area (Å²) >= 11 is 0. The van der Waals surface area contributed by atoms with Crippen molar-refractivity contribution in [1.29, 1.82) is 0 Å². The van der Waals surface area contributed by atoms with Gasteiger partial charge in [-0.2, -0.15) is 4.98 Å². The van der Waals surface area contributed by atoms with Crippen molar-refractivity contribution in [3.8, 4) is 0 Å². The second kappa shape index (κ2) is 5.09. The molecular weight excluding hydrogens is 210 g/mol. The van der Waals surface area contributed by atoms with E-state index in [-0.39, 0.29) is 17.0 Å². The number of nitrogens with two attached hydrogens (primary N) is 1. The topological polar surface area (TPSA) is 79.6 Å². The van der Waals surface area contributed by atoms with E-state index in [0.29, 0.717) is 5.95 Å². The first-order chi connectivity index (χ1) is 4.83. The maximum Gasteiger partial charge on any atom is 0.239 e. The largest absolute Gasteiger partial charge is 1.00 e. The van der Waals surface area contributed by atoms with Crippen LogP contribution < -0.4 is 28.0 Å². The number of nitrogens with one attached hydrogen (secondary N) is 2. The summed E-state index contributed by atoms with van der Waals surface area (Å²) in [6.45, 7) is 0.884. The Labute approximate surface area is 75.5 Å². The van der Waals surface area contributed by atoms with Crippen LogP contribution in [0, 0.1) is 0 Å². The van der Waals surface area contributed by atoms with Gasteiger partial charge in [0.25, 0.3) is 0 Å². The predicted molar refractivity (Wildman–Crippen MR) is 38.4 cm³/mol. The summed E-state index contributed by atoms with van der Waals surface area (Å²) < 4.78 is 0. The van der Waals surface area contributed by atoms with Gasteiger partial charge in [0.1, 0.15) is 5.82 Å². The van der Waals surface area contributed by atoms with Gasteiger partial charge in [-0.25, -0.2) is 0 Å². The summed E-state index contributed by atoms with van der Waals surface area (Å²) in [5.74, 6) is 1.14. The molecule has 0 saturated carbocycles. The third kappa shape index (κ3) is 3.33. The molecule has 4 N–H and O–H groups in total. The fourth-order valence-corrected chi connectivity index (χ4v) is 0.665. The van der Waals surface area contributed by atoms with Crippen molar-refractivity contribution in [3.05, 3.63) is 5.82 Å². The minimum atomic E-state index is 0. The van der Waals surface area contributed by atoms with E-state index in [0.717, 1.165) is 18.8 Å². The second-order valence-corrected chi connectivity index (χ2v) is 1.99. The number of nitrogen functional groups attached to an aromatic ring is 1. The average Bonchev–Trinajstić information content (AvgIpc) is 2.31. The van der Waals surface area contributed by atoms with E-state index in [1.807, 2.05) is 7.05 Å². The van der Waals surface area contributed by atoms with Crippen LogP contribution in [0.5, 0.6) is 0 Å². The van der Waals surface area contributed by atoms with E-state index >= 15 is 0 Å². The molecule has 0 radical (unpaired) electrons. The number of likely N-dealkylation sites (N-methyl/N-ethyl adjacent to an activating group) is 1. The van der Waals surface area contributed by atoms with Gasteiger partial charge in [-0.05, 0) is 7.05 Å². The number of aromatic amines is 1. The first-order valence-electron chi connectivity index (χ1n) is 3.14. The fourth-order valence-electron chi connectivity index (χ4n) is 0.665. The molecule has 0 aliphatic heterocycles. The van der Waals surface area contributed by atoms with Crippen LogP contribution in [0.4, 0.5) is 5.95 Å². The average molecular weight is 221 g/mol. The fraction of sp³-hybridized carbons (Fsp3) is 0.600. The summed E-state index contributed by atoms with van der Waals surface area (Å²) in [5.41, 5.74) is 5.28. The summed E-state index contributed by atoms with van der Waals surface area (Å²) in [4.78, 5) is 3.92. The first kappa shape index (κ1) is 10.4. The Morgan fingerprint density at radius 2 is 2.36 bits per heavy atom. The normalized spacial score (nSPS) is 9.18. The zero-order valence-corrected chi connectivity index (χ0v) is 7.85. The third-order valence-corrected chi connectivity index (χ3v) is 1.16. The number of hydrogen-bond acceptors (Lipinski definition) is 4. The van der Waals surface area contributed by atoms with Gasteiger partial charge in [0.15, 0.2) is 0 Å². The Bertz CT molecular complexity index is 199. The van der Waals surface area contributed by atoms with Gasteiger partial charge in [0.2, 0.25) is 5.95 Å². The number of aromatic nitrogens is 3. The Hall–Kier alpha value is -0.620. The minimum Gasteiger partial charge on any atom is -1.00 e. The molecule has 1 heterocycles. The molecule has 0 bridgehead atoms. The van der Waals surface area contributed by atoms with Crippen molar-refractivity contribution in [2.24, 2.45) is 0 Å². The zero-order chi connectivity index (χ0) is 7.40. The van der Waals surface area contributed by atoms with Crippen molar-refractivity contribution >= 4 is 5.95 Å². The van der Waals surface area contributed by atoms with Crippen LogP contribution in [0.15, 0.2) is 0 Å². The lowest BCUT2D eigenvalue weighted by atomic mass is 10.4. The molecule has 0 amide bonds. The molecular formula is C5H11BrN5-. The number of halogens is 1. The Morgan fingerprint density at radius 3 is 2.82 bits per heavy atom. The van der Waals surface area contributed by atoms with Crippen molar-refractivity contribution in [1.82, 2.24) is 20.5 Å². The molecule has 5 nitrogen and oxygen atoms in total. The van der Waals surface area contributed by atoms with E-state index < -0.39 is 0 Å².